The maximum Gasteiger partial charge on any atom is 0.218 e. The summed E-state index contributed by atoms with van der Waals surface area (Å²) in [4.78, 5) is 10.4. The number of benzene rings is 1. The molecule has 0 heterocycles. The summed E-state index contributed by atoms with van der Waals surface area (Å²) in [6.45, 7) is 3.75. The van der Waals surface area contributed by atoms with Gasteiger partial charge in [-0.25, -0.2) is 0 Å². The van der Waals surface area contributed by atoms with Crippen molar-refractivity contribution in [2.45, 2.75) is 51.9 Å². The van der Waals surface area contributed by atoms with E-state index in [9.17, 15) is 0 Å². The van der Waals surface area contributed by atoms with Gasteiger partial charge in [-0.1, -0.05) is 69.4 Å². The van der Waals surface area contributed by atoms with E-state index in [1.807, 2.05) is 30.1 Å². The van der Waals surface area contributed by atoms with Gasteiger partial charge in [-0.05, 0) is 18.4 Å². The Balaban J connectivity index is 2.28. The molecule has 0 aliphatic heterocycles. The molecule has 0 amide bonds. The lowest BCUT2D eigenvalue weighted by molar-refractivity contribution is 0.503. The Morgan fingerprint density at radius 2 is 1.67 bits per heavy atom. The molecule has 0 bridgehead atoms. The van der Waals surface area contributed by atoms with Gasteiger partial charge in [0.15, 0.2) is 5.96 Å². The highest BCUT2D eigenvalue weighted by atomic mass is 15.3. The lowest BCUT2D eigenvalue weighted by Crippen LogP contribution is -2.37. The monoisotopic (exact) mass is 331 g/mol. The first kappa shape index (κ1) is 20.0. The normalized spacial score (nSPS) is 12.4. The van der Waals surface area contributed by atoms with Crippen molar-refractivity contribution in [1.29, 1.82) is 0 Å². The number of nitrogens with two attached hydrogens (primary N) is 2. The molecule has 5 heteroatoms. The van der Waals surface area contributed by atoms with Crippen molar-refractivity contribution in [3.05, 3.63) is 35.9 Å². The first-order valence-electron chi connectivity index (χ1n) is 9.02. The van der Waals surface area contributed by atoms with Gasteiger partial charge in [-0.2, -0.15) is 4.99 Å². The van der Waals surface area contributed by atoms with Crippen LogP contribution >= 0.6 is 0 Å². The Morgan fingerprint density at radius 1 is 1.00 bits per heavy atom. The predicted octanol–water partition coefficient (Wildman–Crippen LogP) is 3.15. The molecule has 1 aromatic rings. The molecule has 0 aliphatic rings. The van der Waals surface area contributed by atoms with Crippen molar-refractivity contribution in [2.75, 3.05) is 20.1 Å². The standard InChI is InChI=1S/C19H33N5/c1-3-4-5-6-7-11-15-22-18(20)23-19(21)24(2)16-14-17-12-9-8-10-13-17/h8-10,12-13H,3-7,11,14-16H2,1-2H3,(H4,20,21,22,23). The Hall–Kier alpha value is -2.04. The number of unbranched alkanes of at least 4 members (excludes halogenated alkanes) is 5. The summed E-state index contributed by atoms with van der Waals surface area (Å²) >= 11 is 0. The zero-order chi connectivity index (χ0) is 17.6. The van der Waals surface area contributed by atoms with E-state index in [4.69, 9.17) is 11.5 Å². The van der Waals surface area contributed by atoms with Crippen molar-refractivity contribution in [2.24, 2.45) is 21.5 Å². The average Bonchev–Trinajstić information content (AvgIpc) is 2.59. The third-order valence-electron chi connectivity index (χ3n) is 3.98. The molecule has 0 saturated carbocycles. The van der Waals surface area contributed by atoms with Crippen LogP contribution in [0.25, 0.3) is 0 Å². The fourth-order valence-electron chi connectivity index (χ4n) is 2.38. The minimum Gasteiger partial charge on any atom is -0.369 e. The molecule has 0 atom stereocenters. The van der Waals surface area contributed by atoms with E-state index in [2.05, 4.69) is 29.0 Å². The maximum atomic E-state index is 5.98. The van der Waals surface area contributed by atoms with Crippen LogP contribution in [-0.4, -0.2) is 37.0 Å². The fraction of sp³-hybridized carbons (Fsp3) is 0.579. The molecule has 0 unspecified atom stereocenters. The molecular weight excluding hydrogens is 298 g/mol. The number of guanidine groups is 2. The van der Waals surface area contributed by atoms with Crippen LogP contribution in [0.5, 0.6) is 0 Å². The molecule has 0 saturated heterocycles. The van der Waals surface area contributed by atoms with Gasteiger partial charge >= 0.3 is 0 Å². The van der Waals surface area contributed by atoms with Crippen LogP contribution in [-0.2, 0) is 6.42 Å². The molecule has 24 heavy (non-hydrogen) atoms. The van der Waals surface area contributed by atoms with Gasteiger partial charge in [-0.15, -0.1) is 0 Å². The van der Waals surface area contributed by atoms with Crippen molar-refractivity contribution < 1.29 is 0 Å². The highest BCUT2D eigenvalue weighted by molar-refractivity contribution is 5.93. The van der Waals surface area contributed by atoms with E-state index in [1.54, 1.807) is 0 Å². The van der Waals surface area contributed by atoms with Crippen LogP contribution in [0.1, 0.15) is 51.0 Å². The topological polar surface area (TPSA) is 80.0 Å². The lowest BCUT2D eigenvalue weighted by Gasteiger charge is -2.17. The summed E-state index contributed by atoms with van der Waals surface area (Å²) < 4.78 is 0. The van der Waals surface area contributed by atoms with Crippen LogP contribution in [0.3, 0.4) is 0 Å². The predicted molar refractivity (Wildman–Crippen MR) is 104 cm³/mol. The third kappa shape index (κ3) is 9.18. The molecule has 0 spiro atoms. The van der Waals surface area contributed by atoms with Gasteiger partial charge < -0.3 is 16.4 Å². The van der Waals surface area contributed by atoms with Crippen LogP contribution in [0, 0.1) is 0 Å². The van der Waals surface area contributed by atoms with Gasteiger partial charge in [0.05, 0.1) is 0 Å². The van der Waals surface area contributed by atoms with Gasteiger partial charge in [-0.3, -0.25) is 4.99 Å². The van der Waals surface area contributed by atoms with E-state index < -0.39 is 0 Å². The zero-order valence-electron chi connectivity index (χ0n) is 15.2. The fourth-order valence-corrected chi connectivity index (χ4v) is 2.38. The summed E-state index contributed by atoms with van der Waals surface area (Å²) in [6.07, 6.45) is 8.36. The van der Waals surface area contributed by atoms with Crippen molar-refractivity contribution >= 4 is 11.9 Å². The molecule has 1 rings (SSSR count). The summed E-state index contributed by atoms with van der Waals surface area (Å²) in [5.41, 5.74) is 13.1. The number of rotatable bonds is 10. The Bertz CT molecular complexity index is 496. The van der Waals surface area contributed by atoms with E-state index in [1.165, 1.54) is 37.7 Å². The lowest BCUT2D eigenvalue weighted by atomic mass is 10.1. The third-order valence-corrected chi connectivity index (χ3v) is 3.98. The van der Waals surface area contributed by atoms with E-state index in [0.717, 1.165) is 25.9 Å². The highest BCUT2D eigenvalue weighted by Crippen LogP contribution is 2.05. The van der Waals surface area contributed by atoms with Crippen LogP contribution in [0.15, 0.2) is 40.3 Å². The van der Waals surface area contributed by atoms with Gasteiger partial charge in [0.1, 0.15) is 0 Å². The first-order chi connectivity index (χ1) is 11.6. The van der Waals surface area contributed by atoms with E-state index in [-0.39, 0.29) is 5.96 Å². The van der Waals surface area contributed by atoms with Crippen LogP contribution in [0.4, 0.5) is 0 Å². The zero-order valence-corrected chi connectivity index (χ0v) is 15.2. The van der Waals surface area contributed by atoms with Crippen molar-refractivity contribution in [3.8, 4) is 0 Å². The molecule has 0 aliphatic carbocycles. The van der Waals surface area contributed by atoms with Gasteiger partial charge in [0.25, 0.3) is 0 Å². The molecule has 134 valence electrons. The summed E-state index contributed by atoms with van der Waals surface area (Å²) in [7, 11) is 1.92. The molecular formula is C19H33N5. The SMILES string of the molecule is CCCCCCCCN=C(N)/N=C(\N)N(C)CCc1ccccc1. The average molecular weight is 332 g/mol. The molecule has 5 nitrogen and oxygen atoms in total. The quantitative estimate of drug-likeness (QED) is 0.393. The van der Waals surface area contributed by atoms with Crippen LogP contribution in [0.2, 0.25) is 0 Å². The first-order valence-corrected chi connectivity index (χ1v) is 9.02. The minimum atomic E-state index is 0.271. The molecule has 0 fully saturated rings. The van der Waals surface area contributed by atoms with E-state index >= 15 is 0 Å². The summed E-state index contributed by atoms with van der Waals surface area (Å²) in [5.74, 6) is 0.683. The summed E-state index contributed by atoms with van der Waals surface area (Å²) in [5, 5.41) is 0. The van der Waals surface area contributed by atoms with Gasteiger partial charge in [0.2, 0.25) is 5.96 Å². The number of hydrogen-bond donors (Lipinski definition) is 2. The Labute approximate surface area is 146 Å². The number of hydrogen-bond acceptors (Lipinski definition) is 1. The molecule has 4 N–H and O–H groups in total. The molecule has 0 aromatic heterocycles. The Kier molecular flexibility index (Phi) is 10.3. The number of aliphatic imine (C=N–C) groups is 2. The second-order valence-electron chi connectivity index (χ2n) is 6.13. The molecule has 1 aromatic carbocycles. The molecule has 0 radical (unpaired) electrons. The number of likely N-dealkylation sites (N-methyl/N-ethyl adjacent to an activating group) is 1. The smallest absolute Gasteiger partial charge is 0.218 e. The second-order valence-corrected chi connectivity index (χ2v) is 6.13. The largest absolute Gasteiger partial charge is 0.369 e. The Morgan fingerprint density at radius 3 is 2.38 bits per heavy atom. The minimum absolute atomic E-state index is 0.271. The second kappa shape index (κ2) is 12.4. The van der Waals surface area contributed by atoms with Gasteiger partial charge in [0, 0.05) is 20.1 Å². The van der Waals surface area contributed by atoms with Crippen molar-refractivity contribution in [1.82, 2.24) is 4.90 Å². The maximum absolute atomic E-state index is 5.98. The van der Waals surface area contributed by atoms with E-state index in [0.29, 0.717) is 5.96 Å². The highest BCUT2D eigenvalue weighted by Gasteiger charge is 2.03. The summed E-state index contributed by atoms with van der Waals surface area (Å²) in [6, 6.07) is 10.3. The van der Waals surface area contributed by atoms with Crippen LogP contribution < -0.4 is 11.5 Å². The van der Waals surface area contributed by atoms with Crippen molar-refractivity contribution in [3.63, 3.8) is 0 Å². The number of nitrogens with zero attached hydrogens (tertiary/aromatic N) is 3.